The molecule has 4 heteroatoms. The van der Waals surface area contributed by atoms with E-state index in [-0.39, 0.29) is 18.2 Å². The normalized spacial score (nSPS) is 10.1. The number of benzene rings is 1. The van der Waals surface area contributed by atoms with Crippen LogP contribution in [0.4, 0.5) is 0 Å². The van der Waals surface area contributed by atoms with Gasteiger partial charge in [-0.3, -0.25) is 9.59 Å². The summed E-state index contributed by atoms with van der Waals surface area (Å²) in [6.45, 7) is 1.85. The molecule has 0 heterocycles. The Morgan fingerprint density at radius 2 is 2.00 bits per heavy atom. The molecule has 0 N–H and O–H groups in total. The number of aryl methyl sites for hydroxylation is 1. The average Bonchev–Trinajstić information content (AvgIpc) is 2.32. The van der Waals surface area contributed by atoms with Gasteiger partial charge in [0.15, 0.2) is 5.78 Å². The second-order valence-corrected chi connectivity index (χ2v) is 4.17. The summed E-state index contributed by atoms with van der Waals surface area (Å²) >= 11 is 6.04. The van der Waals surface area contributed by atoms with Crippen molar-refractivity contribution in [2.75, 3.05) is 7.11 Å². The highest BCUT2D eigenvalue weighted by molar-refractivity contribution is 6.34. The zero-order chi connectivity index (χ0) is 12.8. The first-order chi connectivity index (χ1) is 8.06. The maximum absolute atomic E-state index is 11.9. The number of rotatable bonds is 5. The lowest BCUT2D eigenvalue weighted by Gasteiger charge is -2.05. The molecule has 92 valence electrons. The van der Waals surface area contributed by atoms with Crippen molar-refractivity contribution in [3.05, 3.63) is 34.3 Å². The number of carbonyl (C=O) groups excluding carboxylic acids is 2. The summed E-state index contributed by atoms with van der Waals surface area (Å²) in [5, 5.41) is 0.496. The van der Waals surface area contributed by atoms with Gasteiger partial charge in [-0.25, -0.2) is 0 Å². The van der Waals surface area contributed by atoms with Crippen molar-refractivity contribution in [1.29, 1.82) is 0 Å². The third-order valence-electron chi connectivity index (χ3n) is 2.50. The van der Waals surface area contributed by atoms with Gasteiger partial charge in [0.1, 0.15) is 0 Å². The van der Waals surface area contributed by atoms with Gasteiger partial charge < -0.3 is 4.74 Å². The van der Waals surface area contributed by atoms with E-state index < -0.39 is 0 Å². The van der Waals surface area contributed by atoms with Crippen LogP contribution >= 0.6 is 11.6 Å². The minimum Gasteiger partial charge on any atom is -0.469 e. The summed E-state index contributed by atoms with van der Waals surface area (Å²) in [5.41, 5.74) is 1.40. The second-order valence-electron chi connectivity index (χ2n) is 3.79. The van der Waals surface area contributed by atoms with Gasteiger partial charge in [0.25, 0.3) is 0 Å². The molecule has 0 atom stereocenters. The highest BCUT2D eigenvalue weighted by atomic mass is 35.5. The van der Waals surface area contributed by atoms with Gasteiger partial charge in [-0.15, -0.1) is 0 Å². The predicted molar refractivity (Wildman–Crippen MR) is 66.4 cm³/mol. The van der Waals surface area contributed by atoms with Crippen LogP contribution in [0, 0.1) is 6.92 Å². The van der Waals surface area contributed by atoms with Crippen LogP contribution in [-0.4, -0.2) is 18.9 Å². The SMILES string of the molecule is COC(=O)CCCC(=O)c1cccc(C)c1Cl. The van der Waals surface area contributed by atoms with E-state index in [9.17, 15) is 9.59 Å². The zero-order valence-electron chi connectivity index (χ0n) is 9.96. The number of methoxy groups -OCH3 is 1. The Bertz CT molecular complexity index is 427. The van der Waals surface area contributed by atoms with Crippen LogP contribution in [0.1, 0.15) is 35.2 Å². The third-order valence-corrected chi connectivity index (χ3v) is 3.01. The molecular formula is C13H15ClO3. The van der Waals surface area contributed by atoms with Crippen LogP contribution in [0.5, 0.6) is 0 Å². The van der Waals surface area contributed by atoms with Gasteiger partial charge in [0, 0.05) is 18.4 Å². The Labute approximate surface area is 106 Å². The fraction of sp³-hybridized carbons (Fsp3) is 0.385. The van der Waals surface area contributed by atoms with E-state index in [4.69, 9.17) is 11.6 Å². The lowest BCUT2D eigenvalue weighted by molar-refractivity contribution is -0.140. The van der Waals surface area contributed by atoms with Crippen molar-refractivity contribution in [3.63, 3.8) is 0 Å². The van der Waals surface area contributed by atoms with E-state index in [2.05, 4.69) is 4.74 Å². The molecule has 0 aliphatic heterocycles. The van der Waals surface area contributed by atoms with Crippen LogP contribution in [0.15, 0.2) is 18.2 Å². The van der Waals surface area contributed by atoms with Crippen LogP contribution in [-0.2, 0) is 9.53 Å². The minimum atomic E-state index is -0.298. The Kier molecular flexibility index (Phi) is 5.16. The lowest BCUT2D eigenvalue weighted by atomic mass is 10.0. The molecule has 0 radical (unpaired) electrons. The molecule has 1 aromatic rings. The van der Waals surface area contributed by atoms with Crippen LogP contribution in [0.25, 0.3) is 0 Å². The fourth-order valence-corrected chi connectivity index (χ4v) is 1.72. The summed E-state index contributed by atoms with van der Waals surface area (Å²) in [7, 11) is 1.33. The standard InChI is InChI=1S/C13H15ClO3/c1-9-5-3-6-10(13(9)14)11(15)7-4-8-12(16)17-2/h3,5-6H,4,7-8H2,1-2H3. The molecule has 3 nitrogen and oxygen atoms in total. The molecule has 0 saturated heterocycles. The summed E-state index contributed by atoms with van der Waals surface area (Å²) in [6.07, 6.45) is 1.04. The van der Waals surface area contributed by atoms with E-state index in [1.807, 2.05) is 13.0 Å². The molecule has 1 aromatic carbocycles. The quantitative estimate of drug-likeness (QED) is 0.599. The molecule has 0 bridgehead atoms. The molecule has 0 saturated carbocycles. The maximum Gasteiger partial charge on any atom is 0.305 e. The van der Waals surface area contributed by atoms with E-state index in [0.29, 0.717) is 23.4 Å². The molecule has 17 heavy (non-hydrogen) atoms. The molecule has 0 aromatic heterocycles. The highest BCUT2D eigenvalue weighted by Gasteiger charge is 2.12. The van der Waals surface area contributed by atoms with E-state index in [1.54, 1.807) is 12.1 Å². The molecule has 0 aliphatic rings. The Balaban J connectivity index is 2.59. The first-order valence-corrected chi connectivity index (χ1v) is 5.79. The monoisotopic (exact) mass is 254 g/mol. The number of esters is 1. The molecule has 1 rings (SSSR count). The molecule has 0 unspecified atom stereocenters. The third kappa shape index (κ3) is 3.86. The highest BCUT2D eigenvalue weighted by Crippen LogP contribution is 2.22. The maximum atomic E-state index is 11.9. The number of hydrogen-bond donors (Lipinski definition) is 0. The minimum absolute atomic E-state index is 0.0393. The molecule has 0 fully saturated rings. The molecule has 0 aliphatic carbocycles. The number of Topliss-reactive ketones (excluding diaryl/α,β-unsaturated/α-hetero) is 1. The number of ketones is 1. The molecular weight excluding hydrogens is 240 g/mol. The fourth-order valence-electron chi connectivity index (χ4n) is 1.49. The number of carbonyl (C=O) groups is 2. The topological polar surface area (TPSA) is 43.4 Å². The van der Waals surface area contributed by atoms with Gasteiger partial charge in [-0.2, -0.15) is 0 Å². The van der Waals surface area contributed by atoms with E-state index in [0.717, 1.165) is 5.56 Å². The van der Waals surface area contributed by atoms with Crippen molar-refractivity contribution in [3.8, 4) is 0 Å². The zero-order valence-corrected chi connectivity index (χ0v) is 10.7. The van der Waals surface area contributed by atoms with Crippen LogP contribution in [0.2, 0.25) is 5.02 Å². The number of ether oxygens (including phenoxy) is 1. The van der Waals surface area contributed by atoms with E-state index in [1.165, 1.54) is 7.11 Å². The summed E-state index contributed by atoms with van der Waals surface area (Å²) in [4.78, 5) is 22.7. The average molecular weight is 255 g/mol. The Hall–Kier alpha value is -1.35. The largest absolute Gasteiger partial charge is 0.469 e. The van der Waals surface area contributed by atoms with E-state index >= 15 is 0 Å². The molecule has 0 spiro atoms. The summed E-state index contributed by atoms with van der Waals surface area (Å²) in [5.74, 6) is -0.337. The Morgan fingerprint density at radius 1 is 1.29 bits per heavy atom. The van der Waals surface area contributed by atoms with Crippen molar-refractivity contribution in [2.45, 2.75) is 26.2 Å². The smallest absolute Gasteiger partial charge is 0.305 e. The predicted octanol–water partition coefficient (Wildman–Crippen LogP) is 3.17. The van der Waals surface area contributed by atoms with Crippen molar-refractivity contribution < 1.29 is 14.3 Å². The van der Waals surface area contributed by atoms with Crippen molar-refractivity contribution in [1.82, 2.24) is 0 Å². The molecule has 0 amide bonds. The van der Waals surface area contributed by atoms with Crippen molar-refractivity contribution >= 4 is 23.4 Å². The van der Waals surface area contributed by atoms with Crippen molar-refractivity contribution in [2.24, 2.45) is 0 Å². The summed E-state index contributed by atoms with van der Waals surface area (Å²) in [6, 6.07) is 5.36. The van der Waals surface area contributed by atoms with Gasteiger partial charge in [0.05, 0.1) is 12.1 Å². The van der Waals surface area contributed by atoms with Crippen LogP contribution in [0.3, 0.4) is 0 Å². The number of hydrogen-bond acceptors (Lipinski definition) is 3. The lowest BCUT2D eigenvalue weighted by Crippen LogP contribution is -2.04. The Morgan fingerprint density at radius 3 is 2.65 bits per heavy atom. The van der Waals surface area contributed by atoms with Gasteiger partial charge >= 0.3 is 5.97 Å². The van der Waals surface area contributed by atoms with Gasteiger partial charge in [0.2, 0.25) is 0 Å². The number of halogens is 1. The second kappa shape index (κ2) is 6.40. The van der Waals surface area contributed by atoms with Gasteiger partial charge in [-0.1, -0.05) is 23.7 Å². The first-order valence-electron chi connectivity index (χ1n) is 5.41. The first kappa shape index (κ1) is 13.7. The van der Waals surface area contributed by atoms with Gasteiger partial charge in [-0.05, 0) is 25.0 Å². The van der Waals surface area contributed by atoms with Crippen LogP contribution < -0.4 is 0 Å². The summed E-state index contributed by atoms with van der Waals surface area (Å²) < 4.78 is 4.50.